The van der Waals surface area contributed by atoms with Crippen LogP contribution in [-0.2, 0) is 6.54 Å². The SMILES string of the molecule is Clc1cc2c(cc1NCc1ccccc1C1CC1)OCO2. The number of anilines is 1. The maximum Gasteiger partial charge on any atom is 0.231 e. The zero-order valence-electron chi connectivity index (χ0n) is 11.6. The van der Waals surface area contributed by atoms with E-state index in [9.17, 15) is 0 Å². The van der Waals surface area contributed by atoms with Gasteiger partial charge in [-0.2, -0.15) is 0 Å². The number of halogens is 1. The molecule has 0 unspecified atom stereocenters. The highest BCUT2D eigenvalue weighted by molar-refractivity contribution is 6.33. The standard InChI is InChI=1S/C17H16ClNO2/c18-14-7-16-17(21-10-20-16)8-15(14)19-9-12-3-1-2-4-13(12)11-5-6-11/h1-4,7-8,11,19H,5-6,9-10H2. The third kappa shape index (κ3) is 2.54. The van der Waals surface area contributed by atoms with Gasteiger partial charge in [0, 0.05) is 18.7 Å². The van der Waals surface area contributed by atoms with E-state index in [2.05, 4.69) is 29.6 Å². The van der Waals surface area contributed by atoms with Gasteiger partial charge in [0.15, 0.2) is 11.5 Å². The lowest BCUT2D eigenvalue weighted by Gasteiger charge is -2.12. The van der Waals surface area contributed by atoms with Crippen LogP contribution in [0.5, 0.6) is 11.5 Å². The molecule has 4 rings (SSSR count). The van der Waals surface area contributed by atoms with Crippen molar-refractivity contribution in [2.45, 2.75) is 25.3 Å². The molecule has 2 aromatic rings. The zero-order chi connectivity index (χ0) is 14.2. The van der Waals surface area contributed by atoms with E-state index in [0.29, 0.717) is 10.8 Å². The quantitative estimate of drug-likeness (QED) is 0.898. The van der Waals surface area contributed by atoms with E-state index < -0.39 is 0 Å². The van der Waals surface area contributed by atoms with Gasteiger partial charge >= 0.3 is 0 Å². The topological polar surface area (TPSA) is 30.5 Å². The second kappa shape index (κ2) is 5.15. The summed E-state index contributed by atoms with van der Waals surface area (Å²) in [4.78, 5) is 0. The van der Waals surface area contributed by atoms with Crippen LogP contribution in [0.2, 0.25) is 5.02 Å². The zero-order valence-corrected chi connectivity index (χ0v) is 12.3. The smallest absolute Gasteiger partial charge is 0.231 e. The Kier molecular flexibility index (Phi) is 3.15. The molecule has 4 heteroatoms. The highest BCUT2D eigenvalue weighted by Crippen LogP contribution is 2.42. The van der Waals surface area contributed by atoms with E-state index in [4.69, 9.17) is 21.1 Å². The van der Waals surface area contributed by atoms with Crippen LogP contribution in [0.1, 0.15) is 29.9 Å². The Morgan fingerprint density at radius 1 is 1.10 bits per heavy atom. The molecule has 1 saturated carbocycles. The number of hydrogen-bond acceptors (Lipinski definition) is 3. The summed E-state index contributed by atoms with van der Waals surface area (Å²) in [5.41, 5.74) is 3.68. The van der Waals surface area contributed by atoms with Crippen LogP contribution in [0, 0.1) is 0 Å². The van der Waals surface area contributed by atoms with Crippen LogP contribution in [-0.4, -0.2) is 6.79 Å². The number of rotatable bonds is 4. The average molecular weight is 302 g/mol. The number of hydrogen-bond donors (Lipinski definition) is 1. The maximum atomic E-state index is 6.29. The average Bonchev–Trinajstić information content (AvgIpc) is 3.25. The molecule has 1 aliphatic heterocycles. The maximum absolute atomic E-state index is 6.29. The Labute approximate surface area is 128 Å². The summed E-state index contributed by atoms with van der Waals surface area (Å²) in [7, 11) is 0. The predicted octanol–water partition coefficient (Wildman–Crippen LogP) is 4.56. The van der Waals surface area contributed by atoms with E-state index >= 15 is 0 Å². The number of benzene rings is 2. The molecule has 108 valence electrons. The van der Waals surface area contributed by atoms with Gasteiger partial charge in [0.2, 0.25) is 6.79 Å². The molecule has 0 amide bonds. The normalized spacial score (nSPS) is 16.0. The fourth-order valence-corrected chi connectivity index (χ4v) is 2.95. The van der Waals surface area contributed by atoms with Crippen LogP contribution < -0.4 is 14.8 Å². The third-order valence-electron chi connectivity index (χ3n) is 4.00. The Hall–Kier alpha value is -1.87. The van der Waals surface area contributed by atoms with Gasteiger partial charge in [0.25, 0.3) is 0 Å². The highest BCUT2D eigenvalue weighted by atomic mass is 35.5. The minimum atomic E-state index is 0.264. The van der Waals surface area contributed by atoms with Crippen molar-refractivity contribution in [3.05, 3.63) is 52.5 Å². The fraction of sp³-hybridized carbons (Fsp3) is 0.294. The van der Waals surface area contributed by atoms with E-state index in [1.54, 1.807) is 6.07 Å². The molecule has 0 saturated heterocycles. The first-order valence-corrected chi connectivity index (χ1v) is 7.60. The molecule has 1 N–H and O–H groups in total. The second-order valence-electron chi connectivity index (χ2n) is 5.51. The van der Waals surface area contributed by atoms with Crippen molar-refractivity contribution in [3.8, 4) is 11.5 Å². The van der Waals surface area contributed by atoms with Crippen LogP contribution in [0.4, 0.5) is 5.69 Å². The summed E-state index contributed by atoms with van der Waals surface area (Å²) in [5, 5.41) is 4.07. The van der Waals surface area contributed by atoms with Crippen LogP contribution in [0.15, 0.2) is 36.4 Å². The molecule has 0 bridgehead atoms. The summed E-state index contributed by atoms with van der Waals surface area (Å²) in [5.74, 6) is 2.21. The summed E-state index contributed by atoms with van der Waals surface area (Å²) < 4.78 is 10.7. The molecule has 2 aliphatic rings. The molecule has 3 nitrogen and oxygen atoms in total. The lowest BCUT2D eigenvalue weighted by atomic mass is 10.0. The molecule has 1 fully saturated rings. The molecule has 0 radical (unpaired) electrons. The van der Waals surface area contributed by atoms with Gasteiger partial charge in [0.1, 0.15) is 0 Å². The van der Waals surface area contributed by atoms with Crippen molar-refractivity contribution >= 4 is 17.3 Å². The summed E-state index contributed by atoms with van der Waals surface area (Å²) in [6, 6.07) is 12.3. The highest BCUT2D eigenvalue weighted by Gasteiger charge is 2.25. The lowest BCUT2D eigenvalue weighted by Crippen LogP contribution is -2.03. The Morgan fingerprint density at radius 3 is 2.67 bits per heavy atom. The first-order valence-electron chi connectivity index (χ1n) is 7.22. The molecule has 0 spiro atoms. The molecule has 0 aromatic heterocycles. The molecular weight excluding hydrogens is 286 g/mol. The number of fused-ring (bicyclic) bond motifs is 1. The van der Waals surface area contributed by atoms with Crippen molar-refractivity contribution in [2.24, 2.45) is 0 Å². The largest absolute Gasteiger partial charge is 0.454 e. The van der Waals surface area contributed by atoms with Crippen LogP contribution in [0.25, 0.3) is 0 Å². The monoisotopic (exact) mass is 301 g/mol. The molecule has 21 heavy (non-hydrogen) atoms. The van der Waals surface area contributed by atoms with Gasteiger partial charge in [-0.25, -0.2) is 0 Å². The van der Waals surface area contributed by atoms with Gasteiger partial charge in [-0.1, -0.05) is 35.9 Å². The summed E-state index contributed by atoms with van der Waals surface area (Å²) in [6.45, 7) is 1.03. The van der Waals surface area contributed by atoms with E-state index in [0.717, 1.165) is 23.9 Å². The van der Waals surface area contributed by atoms with Crippen molar-refractivity contribution in [2.75, 3.05) is 12.1 Å². The first-order chi connectivity index (χ1) is 10.3. The van der Waals surface area contributed by atoms with Crippen molar-refractivity contribution < 1.29 is 9.47 Å². The molecule has 2 aromatic carbocycles. The molecule has 1 aliphatic carbocycles. The van der Waals surface area contributed by atoms with E-state index in [-0.39, 0.29) is 6.79 Å². The van der Waals surface area contributed by atoms with Gasteiger partial charge in [0.05, 0.1) is 10.7 Å². The van der Waals surface area contributed by atoms with Gasteiger partial charge in [-0.05, 0) is 29.9 Å². The van der Waals surface area contributed by atoms with Gasteiger partial charge in [-0.15, -0.1) is 0 Å². The Morgan fingerprint density at radius 2 is 1.86 bits per heavy atom. The van der Waals surface area contributed by atoms with Gasteiger partial charge in [-0.3, -0.25) is 0 Å². The lowest BCUT2D eigenvalue weighted by molar-refractivity contribution is 0.174. The fourth-order valence-electron chi connectivity index (χ4n) is 2.73. The summed E-state index contributed by atoms with van der Waals surface area (Å²) >= 11 is 6.29. The first kappa shape index (κ1) is 12.8. The van der Waals surface area contributed by atoms with E-state index in [1.165, 1.54) is 24.0 Å². The Bertz CT molecular complexity index is 682. The van der Waals surface area contributed by atoms with Gasteiger partial charge < -0.3 is 14.8 Å². The molecular formula is C17H16ClNO2. The predicted molar refractivity (Wildman–Crippen MR) is 83.3 cm³/mol. The van der Waals surface area contributed by atoms with Crippen LogP contribution >= 0.6 is 11.6 Å². The third-order valence-corrected chi connectivity index (χ3v) is 4.32. The van der Waals surface area contributed by atoms with Crippen LogP contribution in [0.3, 0.4) is 0 Å². The minimum Gasteiger partial charge on any atom is -0.454 e. The van der Waals surface area contributed by atoms with Crippen molar-refractivity contribution in [1.29, 1.82) is 0 Å². The molecule has 0 atom stereocenters. The number of nitrogens with one attached hydrogen (secondary N) is 1. The molecule has 1 heterocycles. The van der Waals surface area contributed by atoms with Crippen molar-refractivity contribution in [3.63, 3.8) is 0 Å². The Balaban J connectivity index is 1.55. The minimum absolute atomic E-state index is 0.264. The second-order valence-corrected chi connectivity index (χ2v) is 5.92. The van der Waals surface area contributed by atoms with E-state index in [1.807, 2.05) is 6.07 Å². The number of ether oxygens (including phenoxy) is 2. The summed E-state index contributed by atoms with van der Waals surface area (Å²) in [6.07, 6.45) is 2.61. The van der Waals surface area contributed by atoms with Crippen molar-refractivity contribution in [1.82, 2.24) is 0 Å².